The zero-order valence-corrected chi connectivity index (χ0v) is 10.8. The van der Waals surface area contributed by atoms with Crippen LogP contribution < -0.4 is 4.74 Å². The lowest BCUT2D eigenvalue weighted by atomic mass is 10.2. The second kappa shape index (κ2) is 5.14. The number of nitrogens with one attached hydrogen (secondary N) is 1. The van der Waals surface area contributed by atoms with Crippen LogP contribution in [-0.4, -0.2) is 19.7 Å². The molecule has 3 rings (SSSR count). The number of aromatic amines is 1. The fourth-order valence-corrected chi connectivity index (χ4v) is 2.07. The molecule has 19 heavy (non-hydrogen) atoms. The molecule has 1 aromatic carbocycles. The number of fused-ring (bicyclic) bond motifs is 1. The average Bonchev–Trinajstić information content (AvgIpc) is 3.05. The summed E-state index contributed by atoms with van der Waals surface area (Å²) in [4.78, 5) is 7.38. The van der Waals surface area contributed by atoms with Crippen LogP contribution in [0.1, 0.15) is 19.2 Å². The van der Waals surface area contributed by atoms with Crippen molar-refractivity contribution in [1.29, 1.82) is 0 Å². The second-order valence-electron chi connectivity index (χ2n) is 4.41. The van der Waals surface area contributed by atoms with Crippen LogP contribution in [0.4, 0.5) is 0 Å². The third-order valence-electron chi connectivity index (χ3n) is 3.02. The number of nitrogens with zero attached hydrogens (tertiary/aromatic N) is 3. The van der Waals surface area contributed by atoms with Gasteiger partial charge in [0.2, 0.25) is 0 Å². The van der Waals surface area contributed by atoms with Crippen LogP contribution in [0.3, 0.4) is 0 Å². The molecule has 0 saturated carbocycles. The minimum absolute atomic E-state index is 0.440. The first-order chi connectivity index (χ1) is 9.36. The van der Waals surface area contributed by atoms with Crippen LogP contribution in [0.25, 0.3) is 10.9 Å². The van der Waals surface area contributed by atoms with Crippen molar-refractivity contribution >= 4 is 10.9 Å². The average molecular weight is 256 g/mol. The molecule has 98 valence electrons. The summed E-state index contributed by atoms with van der Waals surface area (Å²) in [5.41, 5.74) is 1.11. The maximum atomic E-state index is 5.78. The van der Waals surface area contributed by atoms with Crippen LogP contribution in [0.15, 0.2) is 36.8 Å². The molecule has 0 amide bonds. The van der Waals surface area contributed by atoms with Gasteiger partial charge >= 0.3 is 0 Å². The van der Waals surface area contributed by atoms with Crippen molar-refractivity contribution < 1.29 is 4.74 Å². The van der Waals surface area contributed by atoms with Crippen LogP contribution in [-0.2, 0) is 13.2 Å². The minimum atomic E-state index is 0.440. The van der Waals surface area contributed by atoms with E-state index in [1.165, 1.54) is 0 Å². The van der Waals surface area contributed by atoms with Gasteiger partial charge in [0, 0.05) is 23.6 Å². The summed E-state index contributed by atoms with van der Waals surface area (Å²) in [5.74, 6) is 1.70. The number of H-pyrrole nitrogens is 1. The summed E-state index contributed by atoms with van der Waals surface area (Å²) in [6.45, 7) is 3.43. The Morgan fingerprint density at radius 1 is 1.32 bits per heavy atom. The van der Waals surface area contributed by atoms with Crippen LogP contribution in [0.2, 0.25) is 0 Å². The zero-order valence-electron chi connectivity index (χ0n) is 10.8. The van der Waals surface area contributed by atoms with Gasteiger partial charge in [0.05, 0.1) is 0 Å². The van der Waals surface area contributed by atoms with Crippen molar-refractivity contribution in [2.45, 2.75) is 26.5 Å². The fraction of sp³-hybridized carbons (Fsp3) is 0.286. The topological polar surface area (TPSA) is 55.7 Å². The second-order valence-corrected chi connectivity index (χ2v) is 4.41. The molecule has 3 aromatic rings. The van der Waals surface area contributed by atoms with Gasteiger partial charge in [-0.3, -0.25) is 0 Å². The molecular weight excluding hydrogens is 240 g/mol. The fourth-order valence-electron chi connectivity index (χ4n) is 2.07. The van der Waals surface area contributed by atoms with E-state index in [0.717, 1.165) is 35.4 Å². The first-order valence-corrected chi connectivity index (χ1v) is 6.43. The highest BCUT2D eigenvalue weighted by Crippen LogP contribution is 2.20. The molecule has 0 spiro atoms. The van der Waals surface area contributed by atoms with E-state index in [1.54, 1.807) is 6.33 Å². The number of hydrogen-bond donors (Lipinski definition) is 1. The van der Waals surface area contributed by atoms with E-state index < -0.39 is 0 Å². The lowest BCUT2D eigenvalue weighted by Crippen LogP contribution is -2.08. The monoisotopic (exact) mass is 256 g/mol. The van der Waals surface area contributed by atoms with Crippen LogP contribution >= 0.6 is 0 Å². The largest absolute Gasteiger partial charge is 0.486 e. The Kier molecular flexibility index (Phi) is 3.18. The van der Waals surface area contributed by atoms with E-state index >= 15 is 0 Å². The molecule has 1 N–H and O–H groups in total. The molecule has 0 bridgehead atoms. The van der Waals surface area contributed by atoms with Gasteiger partial charge in [0.15, 0.2) is 5.82 Å². The summed E-state index contributed by atoms with van der Waals surface area (Å²) in [6, 6.07) is 8.02. The predicted octanol–water partition coefficient (Wildman–Crippen LogP) is 2.75. The van der Waals surface area contributed by atoms with Gasteiger partial charge in [-0.1, -0.05) is 6.92 Å². The van der Waals surface area contributed by atoms with Crippen molar-refractivity contribution in [3.8, 4) is 5.75 Å². The van der Waals surface area contributed by atoms with Gasteiger partial charge in [-0.2, -0.15) is 5.10 Å². The number of ether oxygens (including phenoxy) is 1. The third-order valence-corrected chi connectivity index (χ3v) is 3.02. The lowest BCUT2D eigenvalue weighted by molar-refractivity contribution is 0.286. The van der Waals surface area contributed by atoms with Crippen molar-refractivity contribution in [3.05, 3.63) is 42.6 Å². The standard InChI is InChI=1S/C14H16N4O/c1-2-7-18-14(16-10-17-18)9-19-12-3-4-13-11(8-12)5-6-15-13/h3-6,8,10,15H,2,7,9H2,1H3. The molecule has 2 aromatic heterocycles. The summed E-state index contributed by atoms with van der Waals surface area (Å²) < 4.78 is 7.66. The molecule has 0 radical (unpaired) electrons. The molecule has 2 heterocycles. The Hall–Kier alpha value is -2.30. The minimum Gasteiger partial charge on any atom is -0.486 e. The van der Waals surface area contributed by atoms with Crippen molar-refractivity contribution in [3.63, 3.8) is 0 Å². The maximum absolute atomic E-state index is 5.78. The predicted molar refractivity (Wildman–Crippen MR) is 72.9 cm³/mol. The van der Waals surface area contributed by atoms with Crippen molar-refractivity contribution in [2.24, 2.45) is 0 Å². The first-order valence-electron chi connectivity index (χ1n) is 6.43. The van der Waals surface area contributed by atoms with E-state index in [-0.39, 0.29) is 0 Å². The Balaban J connectivity index is 1.72. The SMILES string of the molecule is CCCn1ncnc1COc1ccc2[nH]ccc2c1. The Morgan fingerprint density at radius 2 is 2.26 bits per heavy atom. The van der Waals surface area contributed by atoms with E-state index in [9.17, 15) is 0 Å². The van der Waals surface area contributed by atoms with Gasteiger partial charge in [-0.05, 0) is 30.7 Å². The molecule has 0 aliphatic heterocycles. The molecule has 0 saturated heterocycles. The number of aryl methyl sites for hydroxylation is 1. The van der Waals surface area contributed by atoms with E-state index in [1.807, 2.05) is 35.1 Å². The maximum Gasteiger partial charge on any atom is 0.164 e. The number of rotatable bonds is 5. The Labute approximate surface area is 111 Å². The van der Waals surface area contributed by atoms with Crippen LogP contribution in [0, 0.1) is 0 Å². The smallest absolute Gasteiger partial charge is 0.164 e. The summed E-state index contributed by atoms with van der Waals surface area (Å²) in [6.07, 6.45) is 4.53. The van der Waals surface area contributed by atoms with Crippen LogP contribution in [0.5, 0.6) is 5.75 Å². The molecule has 0 unspecified atom stereocenters. The van der Waals surface area contributed by atoms with E-state index in [0.29, 0.717) is 6.61 Å². The van der Waals surface area contributed by atoms with Gasteiger partial charge < -0.3 is 9.72 Å². The quantitative estimate of drug-likeness (QED) is 0.763. The molecule has 0 fully saturated rings. The molecule has 0 aliphatic carbocycles. The molecule has 0 atom stereocenters. The zero-order chi connectivity index (χ0) is 13.1. The van der Waals surface area contributed by atoms with Crippen molar-refractivity contribution in [2.75, 3.05) is 0 Å². The van der Waals surface area contributed by atoms with Gasteiger partial charge in [0.1, 0.15) is 18.7 Å². The molecule has 0 aliphatic rings. The highest BCUT2D eigenvalue weighted by atomic mass is 16.5. The number of benzene rings is 1. The first kappa shape index (κ1) is 11.8. The van der Waals surface area contributed by atoms with E-state index in [4.69, 9.17) is 4.74 Å². The Bertz CT molecular complexity index is 671. The van der Waals surface area contributed by atoms with Gasteiger partial charge in [-0.15, -0.1) is 0 Å². The van der Waals surface area contributed by atoms with Gasteiger partial charge in [-0.25, -0.2) is 9.67 Å². The lowest BCUT2D eigenvalue weighted by Gasteiger charge is -2.07. The summed E-state index contributed by atoms with van der Waals surface area (Å²) >= 11 is 0. The highest BCUT2D eigenvalue weighted by molar-refractivity contribution is 5.80. The normalized spacial score (nSPS) is 11.0. The highest BCUT2D eigenvalue weighted by Gasteiger charge is 2.05. The van der Waals surface area contributed by atoms with E-state index in [2.05, 4.69) is 22.0 Å². The summed E-state index contributed by atoms with van der Waals surface area (Å²) in [7, 11) is 0. The molecule has 5 heteroatoms. The molecular formula is C14H16N4O. The molecule has 5 nitrogen and oxygen atoms in total. The summed E-state index contributed by atoms with van der Waals surface area (Å²) in [5, 5.41) is 5.33. The number of aromatic nitrogens is 4. The van der Waals surface area contributed by atoms with Crippen molar-refractivity contribution in [1.82, 2.24) is 19.7 Å². The van der Waals surface area contributed by atoms with Gasteiger partial charge in [0.25, 0.3) is 0 Å². The third kappa shape index (κ3) is 2.45. The number of hydrogen-bond acceptors (Lipinski definition) is 3. The Morgan fingerprint density at radius 3 is 3.16 bits per heavy atom.